The van der Waals surface area contributed by atoms with Crippen molar-refractivity contribution >= 4 is 50.4 Å². The number of anilines is 2. The van der Waals surface area contributed by atoms with Gasteiger partial charge in [0.05, 0.1) is 9.92 Å². The molecule has 0 fully saturated rings. The van der Waals surface area contributed by atoms with Crippen molar-refractivity contribution in [2.45, 2.75) is 24.7 Å². The second-order valence-electron chi connectivity index (χ2n) is 5.61. The Labute approximate surface area is 150 Å². The summed E-state index contributed by atoms with van der Waals surface area (Å²) in [5.74, 6) is -0.106. The third kappa shape index (κ3) is 3.36. The normalized spacial score (nSPS) is 16.0. The van der Waals surface area contributed by atoms with E-state index in [2.05, 4.69) is 10.0 Å². The number of rotatable bonds is 3. The smallest absolute Gasteiger partial charge is 0.224 e. The summed E-state index contributed by atoms with van der Waals surface area (Å²) in [4.78, 5) is 11.7. The number of halogens is 2. The van der Waals surface area contributed by atoms with E-state index in [4.69, 9.17) is 28.0 Å². The molecule has 3 rings (SSSR count). The molecule has 5 nitrogen and oxygen atoms in total. The Morgan fingerprint density at radius 2 is 1.92 bits per heavy atom. The summed E-state index contributed by atoms with van der Waals surface area (Å²) in [6, 6.07) is 8.24. The molecule has 0 aliphatic carbocycles. The molecule has 8 heteroatoms. The molecule has 1 atom stereocenters. The number of aryl methyl sites for hydroxylation is 2. The van der Waals surface area contributed by atoms with Gasteiger partial charge in [0.1, 0.15) is 0 Å². The first-order chi connectivity index (χ1) is 11.3. The van der Waals surface area contributed by atoms with Crippen molar-refractivity contribution < 1.29 is 9.00 Å². The van der Waals surface area contributed by atoms with Crippen molar-refractivity contribution in [3.8, 4) is 0 Å². The second kappa shape index (κ2) is 6.27. The van der Waals surface area contributed by atoms with E-state index in [1.807, 2.05) is 6.92 Å². The first kappa shape index (κ1) is 17.1. The Morgan fingerprint density at radius 3 is 2.62 bits per heavy atom. The van der Waals surface area contributed by atoms with Gasteiger partial charge in [0.25, 0.3) is 0 Å². The second-order valence-corrected chi connectivity index (χ2v) is 8.18. The molecule has 0 radical (unpaired) electrons. The molecule has 3 N–H and O–H groups in total. The Kier molecular flexibility index (Phi) is 4.46. The highest BCUT2D eigenvalue weighted by Gasteiger charge is 2.21. The number of benzene rings is 2. The molecule has 1 amide bonds. The number of fused-ring (bicyclic) bond motifs is 1. The highest BCUT2D eigenvalue weighted by atomic mass is 35.5. The number of hydrogen-bond donors (Lipinski definition) is 3. The maximum Gasteiger partial charge on any atom is 0.224 e. The van der Waals surface area contributed by atoms with Gasteiger partial charge in [0.15, 0.2) is 9.92 Å². The summed E-state index contributed by atoms with van der Waals surface area (Å²) in [6.45, 7) is 1.85. The highest BCUT2D eigenvalue weighted by Crippen LogP contribution is 2.33. The summed E-state index contributed by atoms with van der Waals surface area (Å²) in [6.07, 6.45) is 0.959. The van der Waals surface area contributed by atoms with E-state index < -0.39 is 9.92 Å². The quantitative estimate of drug-likeness (QED) is 0.722. The Hall–Kier alpha value is -1.76. The third-order valence-corrected chi connectivity index (χ3v) is 6.11. The van der Waals surface area contributed by atoms with Crippen LogP contribution in [-0.4, -0.2) is 10.1 Å². The van der Waals surface area contributed by atoms with Crippen LogP contribution in [0.4, 0.5) is 11.4 Å². The van der Waals surface area contributed by atoms with Crippen LogP contribution in [0.2, 0.25) is 10.0 Å². The zero-order chi connectivity index (χ0) is 17.5. The fourth-order valence-corrected chi connectivity index (χ4v) is 4.36. The molecular weight excluding hydrogens is 369 g/mol. The van der Waals surface area contributed by atoms with Crippen molar-refractivity contribution in [3.05, 3.63) is 51.5 Å². The zero-order valence-electron chi connectivity index (χ0n) is 12.8. The third-order valence-electron chi connectivity index (χ3n) is 3.80. The van der Waals surface area contributed by atoms with Crippen molar-refractivity contribution in [1.29, 1.82) is 4.78 Å². The fraction of sp³-hybridized carbons (Fsp3) is 0.188. The van der Waals surface area contributed by atoms with Crippen molar-refractivity contribution in [2.75, 3.05) is 10.0 Å². The average Bonchev–Trinajstić information content (AvgIpc) is 2.50. The largest absolute Gasteiger partial charge is 0.326 e. The molecule has 1 aliphatic rings. The maximum atomic E-state index is 12.9. The SMILES string of the molecule is Cc1ccc(NS(=N)(=O)c2cc3c(cc2Cl)CCC(=O)N3)cc1Cl. The number of hydrogen-bond acceptors (Lipinski definition) is 3. The van der Waals surface area contributed by atoms with Crippen LogP contribution < -0.4 is 10.0 Å². The zero-order valence-corrected chi connectivity index (χ0v) is 15.1. The lowest BCUT2D eigenvalue weighted by atomic mass is 10.0. The maximum absolute atomic E-state index is 12.9. The first-order valence-corrected chi connectivity index (χ1v) is 9.52. The van der Waals surface area contributed by atoms with Crippen LogP contribution in [0.15, 0.2) is 35.2 Å². The molecule has 2 aromatic rings. The van der Waals surface area contributed by atoms with Gasteiger partial charge < -0.3 is 5.32 Å². The van der Waals surface area contributed by atoms with Gasteiger partial charge in [-0.2, -0.15) is 0 Å². The number of carbonyl (C=O) groups is 1. The minimum atomic E-state index is -3.42. The average molecular weight is 384 g/mol. The number of amides is 1. The van der Waals surface area contributed by atoms with E-state index in [0.29, 0.717) is 29.2 Å². The monoisotopic (exact) mass is 383 g/mol. The fourth-order valence-electron chi connectivity index (χ4n) is 2.48. The molecule has 1 heterocycles. The molecule has 0 saturated carbocycles. The van der Waals surface area contributed by atoms with Gasteiger partial charge in [-0.3, -0.25) is 9.52 Å². The molecule has 0 aromatic heterocycles. The molecule has 1 aliphatic heterocycles. The van der Waals surface area contributed by atoms with Gasteiger partial charge in [-0.05, 0) is 48.7 Å². The van der Waals surface area contributed by atoms with E-state index in [-0.39, 0.29) is 15.8 Å². The summed E-state index contributed by atoms with van der Waals surface area (Å²) in [5, 5.41) is 3.47. The molecular formula is C16H15Cl2N3O2S. The topological polar surface area (TPSA) is 82.1 Å². The lowest BCUT2D eigenvalue weighted by Crippen LogP contribution is -2.20. The van der Waals surface area contributed by atoms with Crippen molar-refractivity contribution in [3.63, 3.8) is 0 Å². The molecule has 0 bridgehead atoms. The van der Waals surface area contributed by atoms with E-state index in [1.54, 1.807) is 24.3 Å². The predicted octanol–water partition coefficient (Wildman–Crippen LogP) is 4.62. The Balaban J connectivity index is 1.98. The molecule has 126 valence electrons. The van der Waals surface area contributed by atoms with Crippen LogP contribution in [0.3, 0.4) is 0 Å². The minimum Gasteiger partial charge on any atom is -0.326 e. The van der Waals surface area contributed by atoms with Gasteiger partial charge >= 0.3 is 0 Å². The summed E-state index contributed by atoms with van der Waals surface area (Å²) >= 11 is 12.3. The number of carbonyl (C=O) groups excluding carboxylic acids is 1. The first-order valence-electron chi connectivity index (χ1n) is 7.21. The van der Waals surface area contributed by atoms with Crippen LogP contribution in [0.5, 0.6) is 0 Å². The van der Waals surface area contributed by atoms with Gasteiger partial charge in [-0.25, -0.2) is 8.99 Å². The molecule has 1 unspecified atom stereocenters. The van der Waals surface area contributed by atoms with E-state index in [0.717, 1.165) is 11.1 Å². The van der Waals surface area contributed by atoms with Gasteiger partial charge in [-0.1, -0.05) is 29.3 Å². The van der Waals surface area contributed by atoms with Gasteiger partial charge in [0.2, 0.25) is 5.91 Å². The molecule has 24 heavy (non-hydrogen) atoms. The summed E-state index contributed by atoms with van der Waals surface area (Å²) in [7, 11) is -3.42. The van der Waals surface area contributed by atoms with Crippen LogP contribution in [0.1, 0.15) is 17.5 Å². The summed E-state index contributed by atoms with van der Waals surface area (Å²) in [5.41, 5.74) is 2.77. The molecule has 0 spiro atoms. The minimum absolute atomic E-state index is 0.106. The predicted molar refractivity (Wildman–Crippen MR) is 97.3 cm³/mol. The Morgan fingerprint density at radius 1 is 1.17 bits per heavy atom. The van der Waals surface area contributed by atoms with Crippen molar-refractivity contribution in [1.82, 2.24) is 0 Å². The van der Waals surface area contributed by atoms with Gasteiger partial charge in [0, 0.05) is 22.8 Å². The highest BCUT2D eigenvalue weighted by molar-refractivity contribution is 7.93. The molecule has 0 saturated heterocycles. The van der Waals surface area contributed by atoms with E-state index in [9.17, 15) is 9.00 Å². The summed E-state index contributed by atoms with van der Waals surface area (Å²) < 4.78 is 23.7. The van der Waals surface area contributed by atoms with E-state index in [1.165, 1.54) is 6.07 Å². The van der Waals surface area contributed by atoms with Crippen molar-refractivity contribution in [2.24, 2.45) is 0 Å². The van der Waals surface area contributed by atoms with Crippen LogP contribution in [0, 0.1) is 11.7 Å². The van der Waals surface area contributed by atoms with Crippen LogP contribution >= 0.6 is 23.2 Å². The standard InChI is InChI=1S/C16H15Cl2N3O2S/c1-9-2-4-11(7-12(9)17)21-24(19,23)15-8-14-10(6-13(15)18)3-5-16(22)20-14/h2,4,6-8H,3,5H2,1H3,(H,20,22)(H2,19,21,23). The molecule has 2 aromatic carbocycles. The van der Waals surface area contributed by atoms with Crippen LogP contribution in [0.25, 0.3) is 0 Å². The van der Waals surface area contributed by atoms with Gasteiger partial charge in [-0.15, -0.1) is 0 Å². The Bertz CT molecular complexity index is 943. The van der Waals surface area contributed by atoms with E-state index >= 15 is 0 Å². The lowest BCUT2D eigenvalue weighted by molar-refractivity contribution is -0.116. The lowest BCUT2D eigenvalue weighted by Gasteiger charge is -2.20. The van der Waals surface area contributed by atoms with Crippen LogP contribution in [-0.2, 0) is 21.1 Å². The number of nitrogens with one attached hydrogen (secondary N) is 3.